The maximum absolute atomic E-state index is 6.03. The van der Waals surface area contributed by atoms with Gasteiger partial charge in [-0.1, -0.05) is 60.1 Å². The minimum absolute atomic E-state index is 0.747. The molecule has 2 heterocycles. The molecule has 3 aromatic carbocycles. The summed E-state index contributed by atoms with van der Waals surface area (Å²) in [5.74, 6) is 0. The van der Waals surface area contributed by atoms with Crippen LogP contribution >= 0.6 is 11.6 Å². The van der Waals surface area contributed by atoms with E-state index in [1.54, 1.807) is 0 Å². The van der Waals surface area contributed by atoms with E-state index in [0.717, 1.165) is 29.5 Å². The predicted octanol–water partition coefficient (Wildman–Crippen LogP) is 6.51. The molecule has 0 aliphatic rings. The summed E-state index contributed by atoms with van der Waals surface area (Å²) in [7, 11) is 6.18. The molecule has 0 N–H and O–H groups in total. The van der Waals surface area contributed by atoms with Gasteiger partial charge in [0.1, 0.15) is 0 Å². The first-order chi connectivity index (χ1) is 18.4. The third-order valence-corrected chi connectivity index (χ3v) is 7.09. The predicted molar refractivity (Wildman–Crippen MR) is 157 cm³/mol. The lowest BCUT2D eigenvalue weighted by molar-refractivity contribution is -0.688. The van der Waals surface area contributed by atoms with Crippen LogP contribution in [0, 0.1) is 0 Å². The Hall–Kier alpha value is -4.15. The average Bonchev–Trinajstić information content (AvgIpc) is 2.95. The van der Waals surface area contributed by atoms with Crippen molar-refractivity contribution in [1.82, 2.24) is 0 Å². The summed E-state index contributed by atoms with van der Waals surface area (Å²) in [6, 6.07) is 34.2. The van der Waals surface area contributed by atoms with Gasteiger partial charge in [0.15, 0.2) is 37.9 Å². The van der Waals surface area contributed by atoms with E-state index >= 15 is 0 Å². The minimum atomic E-state index is 0.747. The summed E-state index contributed by atoms with van der Waals surface area (Å²) in [6.45, 7) is 1.69. The second kappa shape index (κ2) is 11.5. The molecule has 190 valence electrons. The van der Waals surface area contributed by atoms with E-state index < -0.39 is 0 Å². The summed E-state index contributed by atoms with van der Waals surface area (Å²) in [4.78, 5) is 4.27. The Morgan fingerprint density at radius 1 is 0.500 bits per heavy atom. The highest BCUT2D eigenvalue weighted by atomic mass is 35.5. The molecule has 0 fully saturated rings. The Kier molecular flexibility index (Phi) is 7.71. The molecule has 0 radical (unpaired) electrons. The Morgan fingerprint density at radius 3 is 1.32 bits per heavy atom. The van der Waals surface area contributed by atoms with Crippen LogP contribution in [0.4, 0.5) is 17.1 Å². The molecule has 0 saturated carbocycles. The first kappa shape index (κ1) is 25.5. The molecule has 0 aliphatic heterocycles. The third-order valence-electron chi connectivity index (χ3n) is 6.84. The van der Waals surface area contributed by atoms with Crippen molar-refractivity contribution in [2.75, 3.05) is 30.9 Å². The lowest BCUT2D eigenvalue weighted by atomic mass is 10.0. The molecule has 2 aromatic heterocycles. The zero-order chi connectivity index (χ0) is 26.5. The maximum Gasteiger partial charge on any atom is 0.173 e. The molecule has 5 aromatic rings. The molecule has 5 rings (SSSR count). The van der Waals surface area contributed by atoms with Gasteiger partial charge in [-0.3, -0.25) is 0 Å². The van der Waals surface area contributed by atoms with Crippen molar-refractivity contribution in [2.24, 2.45) is 0 Å². The van der Waals surface area contributed by atoms with E-state index in [1.807, 2.05) is 24.3 Å². The SMILES string of the molecule is CN(C)c1cc[n+](Cc2ccc(-c3ccc(C[n+]4ccc(N(C)c5ccc(Cl)cc5)cc4)cc3)cc2)cc1. The molecule has 4 nitrogen and oxygen atoms in total. The summed E-state index contributed by atoms with van der Waals surface area (Å²) < 4.78 is 4.41. The lowest BCUT2D eigenvalue weighted by Crippen LogP contribution is -2.33. The minimum Gasteiger partial charge on any atom is -0.377 e. The van der Waals surface area contributed by atoms with Gasteiger partial charge in [0.25, 0.3) is 0 Å². The Morgan fingerprint density at radius 2 is 0.895 bits per heavy atom. The fourth-order valence-electron chi connectivity index (χ4n) is 4.47. The van der Waals surface area contributed by atoms with Crippen molar-refractivity contribution in [1.29, 1.82) is 0 Å². The number of nitrogens with zero attached hydrogens (tertiary/aromatic N) is 4. The number of pyridine rings is 2. The molecular weight excluding hydrogens is 488 g/mol. The van der Waals surface area contributed by atoms with E-state index in [2.05, 4.69) is 138 Å². The van der Waals surface area contributed by atoms with E-state index in [9.17, 15) is 0 Å². The molecule has 38 heavy (non-hydrogen) atoms. The van der Waals surface area contributed by atoms with Crippen LogP contribution in [0.1, 0.15) is 11.1 Å². The maximum atomic E-state index is 6.03. The third kappa shape index (κ3) is 6.21. The normalized spacial score (nSPS) is 10.8. The highest BCUT2D eigenvalue weighted by Gasteiger charge is 2.09. The fourth-order valence-corrected chi connectivity index (χ4v) is 4.60. The molecule has 0 bridgehead atoms. The van der Waals surface area contributed by atoms with Gasteiger partial charge in [0, 0.05) is 72.9 Å². The van der Waals surface area contributed by atoms with Crippen LogP contribution in [0.2, 0.25) is 5.02 Å². The molecule has 0 saturated heterocycles. The van der Waals surface area contributed by atoms with Gasteiger partial charge in [-0.05, 0) is 35.4 Å². The van der Waals surface area contributed by atoms with Crippen molar-refractivity contribution < 1.29 is 9.13 Å². The van der Waals surface area contributed by atoms with Crippen LogP contribution in [-0.4, -0.2) is 21.1 Å². The van der Waals surface area contributed by atoms with E-state index in [0.29, 0.717) is 0 Å². The number of rotatable bonds is 8. The molecule has 0 spiro atoms. The average molecular weight is 521 g/mol. The molecular formula is C33H33ClN4+2. The van der Waals surface area contributed by atoms with Gasteiger partial charge >= 0.3 is 0 Å². The molecule has 0 amide bonds. The van der Waals surface area contributed by atoms with Crippen molar-refractivity contribution in [3.05, 3.63) is 138 Å². The Balaban J connectivity index is 1.19. The number of halogens is 1. The van der Waals surface area contributed by atoms with Gasteiger partial charge in [-0.2, -0.15) is 0 Å². The quantitative estimate of drug-likeness (QED) is 0.216. The summed E-state index contributed by atoms with van der Waals surface area (Å²) in [5, 5.41) is 0.747. The Bertz CT molecular complexity index is 1460. The van der Waals surface area contributed by atoms with Crippen molar-refractivity contribution in [3.63, 3.8) is 0 Å². The van der Waals surface area contributed by atoms with Crippen LogP contribution in [0.25, 0.3) is 11.1 Å². The number of aromatic nitrogens is 2. The summed E-state index contributed by atoms with van der Waals surface area (Å²) >= 11 is 6.03. The van der Waals surface area contributed by atoms with Crippen LogP contribution in [0.3, 0.4) is 0 Å². The first-order valence-corrected chi connectivity index (χ1v) is 13.2. The topological polar surface area (TPSA) is 14.2 Å². The Labute approximate surface area is 230 Å². The highest BCUT2D eigenvalue weighted by molar-refractivity contribution is 6.30. The second-order valence-corrected chi connectivity index (χ2v) is 10.2. The standard InChI is InChI=1S/C33H33ClN4/c1-35(2)31-16-20-37(21-17-31)24-26-4-8-28(9-5-26)29-10-6-27(7-11-29)25-38-22-18-33(19-23-38)36(3)32-14-12-30(34)13-15-32/h4-23H,24-25H2,1-3H3/q+2. The van der Waals surface area contributed by atoms with Crippen LogP contribution < -0.4 is 18.9 Å². The van der Waals surface area contributed by atoms with E-state index in [-0.39, 0.29) is 0 Å². The van der Waals surface area contributed by atoms with Crippen molar-refractivity contribution in [2.45, 2.75) is 13.1 Å². The number of hydrogen-bond acceptors (Lipinski definition) is 2. The largest absolute Gasteiger partial charge is 0.377 e. The van der Waals surface area contributed by atoms with Crippen molar-refractivity contribution in [3.8, 4) is 11.1 Å². The number of hydrogen-bond donors (Lipinski definition) is 0. The fraction of sp³-hybridized carbons (Fsp3) is 0.152. The number of benzene rings is 3. The van der Waals surface area contributed by atoms with E-state index in [1.165, 1.54) is 27.9 Å². The summed E-state index contributed by atoms with van der Waals surface area (Å²) in [5.41, 5.74) is 8.46. The van der Waals surface area contributed by atoms with Gasteiger partial charge < -0.3 is 9.80 Å². The molecule has 5 heteroatoms. The monoisotopic (exact) mass is 520 g/mol. The van der Waals surface area contributed by atoms with Gasteiger partial charge in [0.05, 0.1) is 5.69 Å². The zero-order valence-electron chi connectivity index (χ0n) is 22.1. The van der Waals surface area contributed by atoms with E-state index in [4.69, 9.17) is 11.6 Å². The van der Waals surface area contributed by atoms with Gasteiger partial charge in [0.2, 0.25) is 0 Å². The van der Waals surface area contributed by atoms with Crippen molar-refractivity contribution >= 4 is 28.7 Å². The molecule has 0 unspecified atom stereocenters. The summed E-state index contributed by atoms with van der Waals surface area (Å²) in [6.07, 6.45) is 8.51. The van der Waals surface area contributed by atoms with Gasteiger partial charge in [-0.25, -0.2) is 9.13 Å². The smallest absolute Gasteiger partial charge is 0.173 e. The van der Waals surface area contributed by atoms with Crippen LogP contribution in [0.5, 0.6) is 0 Å². The zero-order valence-corrected chi connectivity index (χ0v) is 22.9. The lowest BCUT2D eigenvalue weighted by Gasteiger charge is -2.18. The van der Waals surface area contributed by atoms with Crippen LogP contribution in [0.15, 0.2) is 122 Å². The molecule has 0 atom stereocenters. The van der Waals surface area contributed by atoms with Crippen LogP contribution in [-0.2, 0) is 13.1 Å². The van der Waals surface area contributed by atoms with Gasteiger partial charge in [-0.15, -0.1) is 0 Å². The number of anilines is 3. The highest BCUT2D eigenvalue weighted by Crippen LogP contribution is 2.24. The second-order valence-electron chi connectivity index (χ2n) is 9.78. The first-order valence-electron chi connectivity index (χ1n) is 12.8. The molecule has 0 aliphatic carbocycles.